The minimum absolute atomic E-state index is 0. The molecule has 0 fully saturated rings. The van der Waals surface area contributed by atoms with Gasteiger partial charge in [0.05, 0.1) is 34.2 Å². The van der Waals surface area contributed by atoms with Gasteiger partial charge in [0, 0.05) is 53.9 Å². The summed E-state index contributed by atoms with van der Waals surface area (Å²) in [5.74, 6) is 0. The van der Waals surface area contributed by atoms with Crippen LogP contribution >= 0.6 is 0 Å². The first-order valence-electron chi connectivity index (χ1n) is 12.7. The topological polar surface area (TPSA) is 129 Å². The summed E-state index contributed by atoms with van der Waals surface area (Å²) >= 11 is 0. The molecule has 0 atom stereocenters. The van der Waals surface area contributed by atoms with Gasteiger partial charge in [-0.1, -0.05) is 18.2 Å². The molecule has 6 heterocycles. The second kappa shape index (κ2) is 22.8. The van der Waals surface area contributed by atoms with E-state index in [1.165, 1.54) is 0 Å². The van der Waals surface area contributed by atoms with Crippen molar-refractivity contribution in [2.45, 2.75) is 0 Å². The summed E-state index contributed by atoms with van der Waals surface area (Å²) in [6.45, 7) is 0. The molecule has 6 aromatic heterocycles. The molecule has 233 valence electrons. The molecule has 0 amide bonds. The Kier molecular flexibility index (Phi) is 20.6. The molecule has 0 saturated heterocycles. The second-order valence-corrected chi connectivity index (χ2v) is 8.32. The van der Waals surface area contributed by atoms with E-state index in [1.54, 1.807) is 73.6 Å². The van der Waals surface area contributed by atoms with Gasteiger partial charge in [0.1, 0.15) is 0 Å². The smallest absolute Gasteiger partial charge is 1.00 e. The van der Waals surface area contributed by atoms with Crippen molar-refractivity contribution in [2.75, 3.05) is 0 Å². The fourth-order valence-electron chi connectivity index (χ4n) is 3.69. The minimum atomic E-state index is 0. The molecule has 0 aliphatic rings. The number of halogens is 3. The van der Waals surface area contributed by atoms with Crippen LogP contribution in [0.1, 0.15) is 31.1 Å². The summed E-state index contributed by atoms with van der Waals surface area (Å²) < 4.78 is 0. The fraction of sp³-hybridized carbons (Fsp3) is 0. The van der Waals surface area contributed by atoms with Gasteiger partial charge in [-0.25, -0.2) is 0 Å². The molecule has 0 aliphatic heterocycles. The number of hydrogen-bond acceptors (Lipinski definition) is 9. The minimum Gasteiger partial charge on any atom is -1.00 e. The van der Waals surface area contributed by atoms with Gasteiger partial charge >= 0.3 is 19.5 Å². The third-order valence-electron chi connectivity index (χ3n) is 5.62. The molecule has 46 heavy (non-hydrogen) atoms. The zero-order valence-corrected chi connectivity index (χ0v) is 27.8. The molecule has 6 rings (SSSR count). The predicted octanol–water partition coefficient (Wildman–Crippen LogP) is -3.12. The Bertz CT molecular complexity index is 1550. The van der Waals surface area contributed by atoms with E-state index in [9.17, 15) is 14.4 Å². The number of aldehydes is 3. The molecule has 0 unspecified atom stereocenters. The average Bonchev–Trinajstić information content (AvgIpc) is 3.10. The molecule has 13 heteroatoms. The Balaban J connectivity index is 0.000000633. The van der Waals surface area contributed by atoms with Gasteiger partial charge in [-0.15, -0.1) is 0 Å². The van der Waals surface area contributed by atoms with E-state index in [2.05, 4.69) is 29.9 Å². The number of carbonyl (C=O) groups excluding carboxylic acids is 3. The molecular formula is C33H24Cl3N6O3Ru. The zero-order valence-electron chi connectivity index (χ0n) is 23.8. The summed E-state index contributed by atoms with van der Waals surface area (Å²) in [6, 6.07) is 26.9. The van der Waals surface area contributed by atoms with Crippen LogP contribution in [0.4, 0.5) is 0 Å². The third kappa shape index (κ3) is 11.7. The summed E-state index contributed by atoms with van der Waals surface area (Å²) in [5.41, 5.74) is 5.72. The van der Waals surface area contributed by atoms with Crippen LogP contribution in [-0.4, -0.2) is 48.8 Å². The van der Waals surface area contributed by atoms with E-state index < -0.39 is 0 Å². The normalized spacial score (nSPS) is 8.87. The summed E-state index contributed by atoms with van der Waals surface area (Å²) in [5, 5.41) is 0. The van der Waals surface area contributed by atoms with E-state index in [0.717, 1.165) is 35.9 Å². The standard InChI is InChI=1S/3C11H8N2O.3ClH.Ru/c3*14-8-9-4-3-7-13-11(9)10-5-1-2-6-12-10;;;;/h3*1-8H;3*1H;/q;;;;;;+3/p-3. The van der Waals surface area contributed by atoms with Crippen LogP contribution in [0, 0.1) is 0 Å². The van der Waals surface area contributed by atoms with Crippen molar-refractivity contribution in [1.82, 2.24) is 29.9 Å². The molecule has 0 spiro atoms. The average molecular weight is 760 g/mol. The van der Waals surface area contributed by atoms with Crippen LogP contribution < -0.4 is 37.2 Å². The van der Waals surface area contributed by atoms with Crippen LogP contribution in [0.5, 0.6) is 0 Å². The first kappa shape index (κ1) is 41.4. The first-order valence-corrected chi connectivity index (χ1v) is 12.7. The maximum Gasteiger partial charge on any atom is 3.00 e. The van der Waals surface area contributed by atoms with E-state index in [1.807, 2.05) is 54.6 Å². The maximum atomic E-state index is 10.7. The van der Waals surface area contributed by atoms with Gasteiger partial charge in [-0.3, -0.25) is 44.3 Å². The quantitative estimate of drug-likeness (QED) is 0.128. The summed E-state index contributed by atoms with van der Waals surface area (Å²) in [4.78, 5) is 57.0. The van der Waals surface area contributed by atoms with Gasteiger partial charge in [0.15, 0.2) is 18.9 Å². The van der Waals surface area contributed by atoms with Crippen molar-refractivity contribution in [2.24, 2.45) is 0 Å². The van der Waals surface area contributed by atoms with Gasteiger partial charge in [0.25, 0.3) is 0 Å². The molecule has 0 aliphatic carbocycles. The van der Waals surface area contributed by atoms with Crippen LogP contribution in [-0.2, 0) is 19.5 Å². The fourth-order valence-corrected chi connectivity index (χ4v) is 3.69. The van der Waals surface area contributed by atoms with Crippen molar-refractivity contribution in [3.8, 4) is 34.2 Å². The van der Waals surface area contributed by atoms with Crippen molar-refractivity contribution in [3.05, 3.63) is 145 Å². The van der Waals surface area contributed by atoms with Crippen LogP contribution in [0.15, 0.2) is 128 Å². The second-order valence-electron chi connectivity index (χ2n) is 8.32. The molecular weight excluding hydrogens is 736 g/mol. The number of nitrogens with zero attached hydrogens (tertiary/aromatic N) is 6. The first-order chi connectivity index (χ1) is 20.7. The molecule has 0 N–H and O–H groups in total. The van der Waals surface area contributed by atoms with E-state index in [-0.39, 0.29) is 56.7 Å². The molecule has 0 aromatic carbocycles. The maximum absolute atomic E-state index is 10.7. The molecule has 0 saturated carbocycles. The molecule has 6 aromatic rings. The van der Waals surface area contributed by atoms with Crippen molar-refractivity contribution in [1.29, 1.82) is 0 Å². The third-order valence-corrected chi connectivity index (χ3v) is 5.62. The molecule has 1 radical (unpaired) electrons. The van der Waals surface area contributed by atoms with Gasteiger partial charge < -0.3 is 37.2 Å². The Labute approximate surface area is 297 Å². The monoisotopic (exact) mass is 759 g/mol. The Morgan fingerprint density at radius 2 is 0.609 bits per heavy atom. The van der Waals surface area contributed by atoms with Crippen molar-refractivity contribution >= 4 is 18.9 Å². The summed E-state index contributed by atoms with van der Waals surface area (Å²) in [7, 11) is 0. The largest absolute Gasteiger partial charge is 3.00 e. The number of carbonyl (C=O) groups is 3. The van der Waals surface area contributed by atoms with Crippen molar-refractivity contribution in [3.63, 3.8) is 0 Å². The van der Waals surface area contributed by atoms with E-state index >= 15 is 0 Å². The zero-order chi connectivity index (χ0) is 29.4. The van der Waals surface area contributed by atoms with Crippen molar-refractivity contribution < 1.29 is 71.1 Å². The number of hydrogen-bond donors (Lipinski definition) is 0. The van der Waals surface area contributed by atoms with Crippen LogP contribution in [0.3, 0.4) is 0 Å². The predicted molar refractivity (Wildman–Crippen MR) is 159 cm³/mol. The summed E-state index contributed by atoms with van der Waals surface area (Å²) in [6.07, 6.45) is 12.4. The molecule has 0 bridgehead atoms. The number of aromatic nitrogens is 6. The Hall–Kier alpha value is -4.60. The Morgan fingerprint density at radius 3 is 0.826 bits per heavy atom. The SMILES string of the molecule is O=Cc1cccnc1-c1ccccn1.O=Cc1cccnc1-c1ccccn1.O=Cc1cccnc1-c1ccccn1.[Cl-].[Cl-].[Cl-].[Ru+3]. The van der Waals surface area contributed by atoms with Gasteiger partial charge in [0.2, 0.25) is 0 Å². The van der Waals surface area contributed by atoms with Gasteiger partial charge in [-0.05, 0) is 72.8 Å². The number of rotatable bonds is 6. The Morgan fingerprint density at radius 1 is 0.348 bits per heavy atom. The van der Waals surface area contributed by atoms with E-state index in [0.29, 0.717) is 33.8 Å². The number of pyridine rings is 6. The van der Waals surface area contributed by atoms with Crippen LogP contribution in [0.2, 0.25) is 0 Å². The van der Waals surface area contributed by atoms with Crippen LogP contribution in [0.25, 0.3) is 34.2 Å². The molecule has 9 nitrogen and oxygen atoms in total. The van der Waals surface area contributed by atoms with E-state index in [4.69, 9.17) is 0 Å². The van der Waals surface area contributed by atoms with Gasteiger partial charge in [-0.2, -0.15) is 0 Å².